The molecule has 2 aromatic carbocycles. The Morgan fingerprint density at radius 2 is 1.82 bits per heavy atom. The zero-order valence-corrected chi connectivity index (χ0v) is 19.1. The van der Waals surface area contributed by atoms with Crippen molar-refractivity contribution in [3.63, 3.8) is 0 Å². The molecule has 0 saturated carbocycles. The van der Waals surface area contributed by atoms with Crippen LogP contribution < -0.4 is 10.2 Å². The van der Waals surface area contributed by atoms with Crippen LogP contribution in [0.2, 0.25) is 0 Å². The second-order valence-corrected chi connectivity index (χ2v) is 10.1. The highest BCUT2D eigenvalue weighted by molar-refractivity contribution is 7.93. The van der Waals surface area contributed by atoms with Gasteiger partial charge in [-0.3, -0.25) is 10.0 Å². The summed E-state index contributed by atoms with van der Waals surface area (Å²) in [7, 11) is -4.07. The Morgan fingerprint density at radius 1 is 1.12 bits per heavy atom. The van der Waals surface area contributed by atoms with Gasteiger partial charge in [-0.05, 0) is 47.5 Å². The van der Waals surface area contributed by atoms with Crippen molar-refractivity contribution in [1.82, 2.24) is 25.7 Å². The van der Waals surface area contributed by atoms with Crippen LogP contribution in [0.3, 0.4) is 0 Å². The molecule has 1 aliphatic rings. The fourth-order valence-electron chi connectivity index (χ4n) is 3.92. The fourth-order valence-corrected chi connectivity index (χ4v) is 5.85. The minimum Gasteiger partial charge on any atom is -0.494 e. The van der Waals surface area contributed by atoms with Gasteiger partial charge < -0.3 is 9.47 Å². The lowest BCUT2D eigenvalue weighted by atomic mass is 9.98. The largest absolute Gasteiger partial charge is 0.494 e. The normalized spacial score (nSPS) is 15.6. The van der Waals surface area contributed by atoms with E-state index in [1.54, 1.807) is 16.8 Å². The molecule has 1 fully saturated rings. The average Bonchev–Trinajstić information content (AvgIpc) is 3.36. The number of amides is 1. The molecule has 0 aliphatic carbocycles. The number of nitrogens with one attached hydrogen (secondary N) is 1. The van der Waals surface area contributed by atoms with E-state index in [9.17, 15) is 13.2 Å². The number of sulfone groups is 1. The Labute approximate surface area is 196 Å². The number of hydrogen-bond acceptors (Lipinski definition) is 9. The topological polar surface area (TPSA) is 146 Å². The van der Waals surface area contributed by atoms with Crippen molar-refractivity contribution in [3.05, 3.63) is 54.6 Å². The fraction of sp³-hybridized carbons (Fsp3) is 0.364. The van der Waals surface area contributed by atoms with Crippen LogP contribution in [0.4, 0.5) is 0 Å². The first-order valence-corrected chi connectivity index (χ1v) is 12.3. The maximum atomic E-state index is 13.3. The number of carbonyl (C=O) groups excluding carboxylic acids is 1. The van der Waals surface area contributed by atoms with Crippen LogP contribution in [-0.4, -0.2) is 64.3 Å². The maximum Gasteiger partial charge on any atom is 0.265 e. The number of benzene rings is 2. The van der Waals surface area contributed by atoms with E-state index in [2.05, 4.69) is 15.5 Å². The quantitative estimate of drug-likeness (QED) is 0.261. The lowest BCUT2D eigenvalue weighted by molar-refractivity contribution is -0.134. The first-order chi connectivity index (χ1) is 16.5. The zero-order chi connectivity index (χ0) is 24.0. The molecule has 0 spiro atoms. The van der Waals surface area contributed by atoms with Gasteiger partial charge in [0.2, 0.25) is 0 Å². The molecule has 1 amide bonds. The van der Waals surface area contributed by atoms with E-state index in [1.807, 2.05) is 30.3 Å². The molecule has 180 valence electrons. The molecule has 1 aromatic heterocycles. The Bertz CT molecular complexity index is 1210. The minimum atomic E-state index is -4.07. The van der Waals surface area contributed by atoms with Crippen LogP contribution in [0, 0.1) is 0 Å². The molecule has 0 radical (unpaired) electrons. The maximum absolute atomic E-state index is 13.3. The van der Waals surface area contributed by atoms with E-state index in [1.165, 1.54) is 17.6 Å². The summed E-state index contributed by atoms with van der Waals surface area (Å²) in [5.41, 5.74) is 2.43. The van der Waals surface area contributed by atoms with Crippen LogP contribution in [0.15, 0.2) is 59.5 Å². The molecule has 2 heterocycles. The van der Waals surface area contributed by atoms with E-state index in [-0.39, 0.29) is 31.0 Å². The van der Waals surface area contributed by atoms with Crippen molar-refractivity contribution in [2.45, 2.75) is 35.4 Å². The van der Waals surface area contributed by atoms with Crippen LogP contribution in [0.25, 0.3) is 11.4 Å². The molecule has 12 heteroatoms. The van der Waals surface area contributed by atoms with E-state index in [4.69, 9.17) is 14.7 Å². The lowest BCUT2D eigenvalue weighted by Gasteiger charge is -2.34. The Balaban J connectivity index is 1.37. The third-order valence-corrected chi connectivity index (χ3v) is 8.33. The van der Waals surface area contributed by atoms with Crippen molar-refractivity contribution in [2.24, 2.45) is 0 Å². The van der Waals surface area contributed by atoms with Gasteiger partial charge >= 0.3 is 0 Å². The van der Waals surface area contributed by atoms with Gasteiger partial charge in [0.05, 0.1) is 11.5 Å². The third-order valence-electron chi connectivity index (χ3n) is 5.81. The zero-order valence-electron chi connectivity index (χ0n) is 18.3. The van der Waals surface area contributed by atoms with Gasteiger partial charge in [-0.25, -0.2) is 18.6 Å². The van der Waals surface area contributed by atoms with Crippen molar-refractivity contribution in [1.29, 1.82) is 0 Å². The molecule has 2 N–H and O–H groups in total. The molecule has 1 aliphatic heterocycles. The second kappa shape index (κ2) is 10.3. The first kappa shape index (κ1) is 23.8. The van der Waals surface area contributed by atoms with Crippen LogP contribution in [0.5, 0.6) is 5.75 Å². The van der Waals surface area contributed by atoms with Crippen molar-refractivity contribution in [2.75, 3.05) is 19.8 Å². The molecule has 0 atom stereocenters. The van der Waals surface area contributed by atoms with E-state index >= 15 is 0 Å². The Morgan fingerprint density at radius 3 is 2.50 bits per heavy atom. The van der Waals surface area contributed by atoms with Gasteiger partial charge in [0, 0.05) is 31.7 Å². The highest BCUT2D eigenvalue weighted by atomic mass is 32.2. The minimum absolute atomic E-state index is 0.0217. The van der Waals surface area contributed by atoms with Crippen LogP contribution in [0.1, 0.15) is 19.3 Å². The smallest absolute Gasteiger partial charge is 0.265 e. The number of aromatic nitrogens is 4. The number of rotatable bonds is 9. The molecule has 11 nitrogen and oxygen atoms in total. The summed E-state index contributed by atoms with van der Waals surface area (Å²) in [5.74, 6) is 0.212. The number of ether oxygens (including phenoxy) is 2. The summed E-state index contributed by atoms with van der Waals surface area (Å²) in [4.78, 5) is 12.3. The number of hydroxylamine groups is 1. The molecule has 4 rings (SSSR count). The predicted octanol–water partition coefficient (Wildman–Crippen LogP) is 1.64. The SMILES string of the molecule is O=C(NO)C1(S(=O)(=O)c2ccc(OCCCn3nnnc3-c3ccccc3)cc2)CCOCC1. The van der Waals surface area contributed by atoms with Crippen LogP contribution in [-0.2, 0) is 25.9 Å². The molecule has 0 bridgehead atoms. The Kier molecular flexibility index (Phi) is 7.20. The number of carbonyl (C=O) groups is 1. The van der Waals surface area contributed by atoms with E-state index in [0.717, 1.165) is 5.56 Å². The summed E-state index contributed by atoms with van der Waals surface area (Å²) in [6.45, 7) is 1.14. The Hall–Kier alpha value is -3.35. The number of nitrogens with zero attached hydrogens (tertiary/aromatic N) is 4. The first-order valence-electron chi connectivity index (χ1n) is 10.8. The van der Waals surface area contributed by atoms with E-state index in [0.29, 0.717) is 31.1 Å². The summed E-state index contributed by atoms with van der Waals surface area (Å²) in [6, 6.07) is 15.5. The second-order valence-electron chi connectivity index (χ2n) is 7.82. The number of tetrazole rings is 1. The lowest BCUT2D eigenvalue weighted by Crippen LogP contribution is -2.54. The highest BCUT2D eigenvalue weighted by Gasteiger charge is 2.52. The third kappa shape index (κ3) is 4.65. The predicted molar refractivity (Wildman–Crippen MR) is 120 cm³/mol. The number of hydrogen-bond donors (Lipinski definition) is 2. The van der Waals surface area contributed by atoms with Crippen molar-refractivity contribution >= 4 is 15.7 Å². The van der Waals surface area contributed by atoms with Gasteiger partial charge in [0.25, 0.3) is 5.91 Å². The van der Waals surface area contributed by atoms with Crippen molar-refractivity contribution in [3.8, 4) is 17.1 Å². The van der Waals surface area contributed by atoms with Gasteiger partial charge in [-0.1, -0.05) is 30.3 Å². The molecule has 34 heavy (non-hydrogen) atoms. The molecular formula is C22H25N5O6S. The summed E-state index contributed by atoms with van der Waals surface area (Å²) in [5, 5.41) is 21.0. The van der Waals surface area contributed by atoms with Gasteiger partial charge in [-0.2, -0.15) is 0 Å². The number of aryl methyl sites for hydroxylation is 1. The molecule has 3 aromatic rings. The standard InChI is InChI=1S/C22H25N5O6S/c28-21(24-29)22(11-15-32-16-12-22)34(30,31)19-9-7-18(8-10-19)33-14-4-13-27-20(23-25-26-27)17-5-2-1-3-6-17/h1-3,5-10,29H,4,11-16H2,(H,24,28). The van der Waals surface area contributed by atoms with Gasteiger partial charge in [0.15, 0.2) is 20.4 Å². The summed E-state index contributed by atoms with van der Waals surface area (Å²) in [6.07, 6.45) is 0.550. The average molecular weight is 488 g/mol. The van der Waals surface area contributed by atoms with E-state index < -0.39 is 20.5 Å². The monoisotopic (exact) mass is 487 g/mol. The molecule has 0 unspecified atom stereocenters. The van der Waals surface area contributed by atoms with Gasteiger partial charge in [0.1, 0.15) is 5.75 Å². The summed E-state index contributed by atoms with van der Waals surface area (Å²) >= 11 is 0. The summed E-state index contributed by atoms with van der Waals surface area (Å²) < 4.78 is 37.4. The molecular weight excluding hydrogens is 462 g/mol. The van der Waals surface area contributed by atoms with Crippen LogP contribution >= 0.6 is 0 Å². The van der Waals surface area contributed by atoms with Gasteiger partial charge in [-0.15, -0.1) is 5.10 Å². The highest BCUT2D eigenvalue weighted by Crippen LogP contribution is 2.35. The van der Waals surface area contributed by atoms with Crippen molar-refractivity contribution < 1.29 is 27.9 Å². The molecule has 1 saturated heterocycles.